The summed E-state index contributed by atoms with van der Waals surface area (Å²) in [5, 5.41) is 15.8. The number of carbonyl (C=O) groups excluding carboxylic acids is 1. The Labute approximate surface area is 111 Å². The first kappa shape index (κ1) is 13.5. The fourth-order valence-corrected chi connectivity index (χ4v) is 2.38. The van der Waals surface area contributed by atoms with E-state index in [2.05, 4.69) is 15.4 Å². The number of aliphatic carboxylic acids is 1. The topological polar surface area (TPSA) is 97.1 Å². The van der Waals surface area contributed by atoms with Gasteiger partial charge < -0.3 is 10.4 Å². The molecule has 0 aromatic carbocycles. The molecular formula is C12H18N4O3. The molecule has 1 aliphatic carbocycles. The predicted octanol–water partition coefficient (Wildman–Crippen LogP) is 0.322. The lowest BCUT2D eigenvalue weighted by molar-refractivity contribution is -0.144. The number of aryl methyl sites for hydroxylation is 1. The summed E-state index contributed by atoms with van der Waals surface area (Å²) in [6, 6.07) is 0. The molecule has 1 amide bonds. The first-order valence-corrected chi connectivity index (χ1v) is 6.41. The second kappa shape index (κ2) is 5.81. The molecule has 1 aromatic rings. The number of hydrogen-bond acceptors (Lipinski definition) is 4. The number of aromatic nitrogens is 3. The number of nitrogens with one attached hydrogen (secondary N) is 1. The van der Waals surface area contributed by atoms with Gasteiger partial charge in [-0.2, -0.15) is 5.10 Å². The van der Waals surface area contributed by atoms with Crippen LogP contribution in [0.3, 0.4) is 0 Å². The maximum atomic E-state index is 11.9. The van der Waals surface area contributed by atoms with E-state index >= 15 is 0 Å². The fraction of sp³-hybridized carbons (Fsp3) is 0.667. The molecule has 2 rings (SSSR count). The summed E-state index contributed by atoms with van der Waals surface area (Å²) in [5.74, 6) is -0.580. The molecule has 1 saturated carbocycles. The normalized spacial score (nSPS) is 23.0. The lowest BCUT2D eigenvalue weighted by atomic mass is 9.81. The Kier molecular flexibility index (Phi) is 4.13. The summed E-state index contributed by atoms with van der Waals surface area (Å²) in [6.45, 7) is 0.318. The zero-order chi connectivity index (χ0) is 13.8. The Balaban J connectivity index is 1.77. The van der Waals surface area contributed by atoms with E-state index in [1.807, 2.05) is 0 Å². The second-order valence-electron chi connectivity index (χ2n) is 4.94. The maximum absolute atomic E-state index is 11.9. The summed E-state index contributed by atoms with van der Waals surface area (Å²) in [4.78, 5) is 26.8. The van der Waals surface area contributed by atoms with E-state index in [1.165, 1.54) is 0 Å². The highest BCUT2D eigenvalue weighted by Gasteiger charge is 2.29. The molecule has 0 bridgehead atoms. The van der Waals surface area contributed by atoms with E-state index in [0.717, 1.165) is 0 Å². The number of carboxylic acid groups (broad SMARTS) is 1. The van der Waals surface area contributed by atoms with Crippen LogP contribution in [0.2, 0.25) is 0 Å². The Morgan fingerprint density at radius 1 is 1.37 bits per heavy atom. The molecule has 0 saturated heterocycles. The zero-order valence-electron chi connectivity index (χ0n) is 10.9. The van der Waals surface area contributed by atoms with Crippen molar-refractivity contribution in [2.24, 2.45) is 18.9 Å². The monoisotopic (exact) mass is 266 g/mol. The maximum Gasteiger partial charge on any atom is 0.306 e. The van der Waals surface area contributed by atoms with Crippen LogP contribution in [0.15, 0.2) is 6.33 Å². The van der Waals surface area contributed by atoms with Gasteiger partial charge in [0, 0.05) is 13.0 Å². The average molecular weight is 266 g/mol. The molecular weight excluding hydrogens is 248 g/mol. The van der Waals surface area contributed by atoms with E-state index < -0.39 is 5.97 Å². The number of hydrogen-bond donors (Lipinski definition) is 2. The summed E-state index contributed by atoms with van der Waals surface area (Å²) < 4.78 is 1.58. The van der Waals surface area contributed by atoms with Crippen molar-refractivity contribution in [1.29, 1.82) is 0 Å². The fourth-order valence-electron chi connectivity index (χ4n) is 2.38. The molecule has 104 valence electrons. The van der Waals surface area contributed by atoms with Crippen molar-refractivity contribution in [3.63, 3.8) is 0 Å². The lowest BCUT2D eigenvalue weighted by Crippen LogP contribution is -2.34. The summed E-state index contributed by atoms with van der Waals surface area (Å²) >= 11 is 0. The van der Waals surface area contributed by atoms with Gasteiger partial charge in [0.25, 0.3) is 0 Å². The van der Waals surface area contributed by atoms with Crippen molar-refractivity contribution in [2.75, 3.05) is 0 Å². The molecule has 7 nitrogen and oxygen atoms in total. The number of amides is 1. The van der Waals surface area contributed by atoms with E-state index in [9.17, 15) is 9.59 Å². The minimum Gasteiger partial charge on any atom is -0.481 e. The van der Waals surface area contributed by atoms with Crippen LogP contribution in [0.5, 0.6) is 0 Å². The highest BCUT2D eigenvalue weighted by molar-refractivity contribution is 5.79. The van der Waals surface area contributed by atoms with Crippen LogP contribution >= 0.6 is 0 Å². The van der Waals surface area contributed by atoms with Gasteiger partial charge >= 0.3 is 5.97 Å². The molecule has 19 heavy (non-hydrogen) atoms. The van der Waals surface area contributed by atoms with Gasteiger partial charge in [0.05, 0.1) is 12.5 Å². The van der Waals surface area contributed by atoms with Crippen molar-refractivity contribution in [1.82, 2.24) is 20.1 Å². The molecule has 0 radical (unpaired) electrons. The van der Waals surface area contributed by atoms with Crippen molar-refractivity contribution >= 4 is 11.9 Å². The third-order valence-electron chi connectivity index (χ3n) is 3.51. The minimum absolute atomic E-state index is 0.0312. The van der Waals surface area contributed by atoms with Gasteiger partial charge in [0.15, 0.2) is 5.82 Å². The van der Waals surface area contributed by atoms with E-state index in [0.29, 0.717) is 38.1 Å². The Hall–Kier alpha value is -1.92. The van der Waals surface area contributed by atoms with Crippen molar-refractivity contribution in [2.45, 2.75) is 32.2 Å². The predicted molar refractivity (Wildman–Crippen MR) is 65.9 cm³/mol. The van der Waals surface area contributed by atoms with Gasteiger partial charge in [-0.15, -0.1) is 0 Å². The Morgan fingerprint density at radius 3 is 2.53 bits per heavy atom. The second-order valence-corrected chi connectivity index (χ2v) is 4.94. The molecule has 0 spiro atoms. The highest BCUT2D eigenvalue weighted by Crippen LogP contribution is 2.28. The van der Waals surface area contributed by atoms with Crippen LogP contribution in [-0.2, 0) is 23.2 Å². The molecule has 1 aliphatic rings. The zero-order valence-corrected chi connectivity index (χ0v) is 10.9. The Bertz CT molecular complexity index is 463. The molecule has 1 fully saturated rings. The van der Waals surface area contributed by atoms with Crippen molar-refractivity contribution in [3.05, 3.63) is 12.2 Å². The molecule has 0 aliphatic heterocycles. The van der Waals surface area contributed by atoms with Crippen molar-refractivity contribution < 1.29 is 14.7 Å². The summed E-state index contributed by atoms with van der Waals surface area (Å²) in [7, 11) is 1.77. The number of nitrogens with zero attached hydrogens (tertiary/aromatic N) is 3. The molecule has 2 N–H and O–H groups in total. The minimum atomic E-state index is -0.753. The van der Waals surface area contributed by atoms with Gasteiger partial charge in [0.1, 0.15) is 6.33 Å². The quantitative estimate of drug-likeness (QED) is 0.818. The first-order chi connectivity index (χ1) is 9.06. The largest absolute Gasteiger partial charge is 0.481 e. The highest BCUT2D eigenvalue weighted by atomic mass is 16.4. The number of carbonyl (C=O) groups is 2. The number of rotatable bonds is 4. The van der Waals surface area contributed by atoms with Crippen molar-refractivity contribution in [3.8, 4) is 0 Å². The Morgan fingerprint density at radius 2 is 2.00 bits per heavy atom. The third kappa shape index (κ3) is 3.52. The molecule has 7 heteroatoms. The van der Waals surface area contributed by atoms with Crippen LogP contribution in [0.1, 0.15) is 31.5 Å². The van der Waals surface area contributed by atoms with Gasteiger partial charge in [-0.25, -0.2) is 4.98 Å². The van der Waals surface area contributed by atoms with Gasteiger partial charge in [-0.05, 0) is 25.7 Å². The average Bonchev–Trinajstić information content (AvgIpc) is 2.82. The van der Waals surface area contributed by atoms with Gasteiger partial charge in [-0.1, -0.05) is 0 Å². The SMILES string of the molecule is Cn1cnc(CNC(=O)C2CCC(C(=O)O)CC2)n1. The number of carboxylic acids is 1. The molecule has 1 heterocycles. The van der Waals surface area contributed by atoms with E-state index in [-0.39, 0.29) is 17.7 Å². The van der Waals surface area contributed by atoms with Crippen LogP contribution in [0.4, 0.5) is 0 Å². The van der Waals surface area contributed by atoms with Gasteiger partial charge in [0.2, 0.25) is 5.91 Å². The lowest BCUT2D eigenvalue weighted by Gasteiger charge is -2.24. The first-order valence-electron chi connectivity index (χ1n) is 6.41. The van der Waals surface area contributed by atoms with E-state index in [4.69, 9.17) is 5.11 Å². The van der Waals surface area contributed by atoms with Crippen LogP contribution in [0, 0.1) is 11.8 Å². The third-order valence-corrected chi connectivity index (χ3v) is 3.51. The smallest absolute Gasteiger partial charge is 0.306 e. The van der Waals surface area contributed by atoms with Crippen LogP contribution < -0.4 is 5.32 Å². The van der Waals surface area contributed by atoms with E-state index in [1.54, 1.807) is 18.1 Å². The summed E-state index contributed by atoms with van der Waals surface area (Å²) in [5.41, 5.74) is 0. The van der Waals surface area contributed by atoms with Gasteiger partial charge in [-0.3, -0.25) is 14.3 Å². The molecule has 0 unspecified atom stereocenters. The molecule has 0 atom stereocenters. The standard InChI is InChI=1S/C12H18N4O3/c1-16-7-14-10(15-16)6-13-11(17)8-2-4-9(5-3-8)12(18)19/h7-9H,2-6H2,1H3,(H,13,17)(H,18,19). The molecule has 1 aromatic heterocycles. The van der Waals surface area contributed by atoms with Crippen LogP contribution in [0.25, 0.3) is 0 Å². The van der Waals surface area contributed by atoms with Crippen LogP contribution in [-0.4, -0.2) is 31.7 Å². The summed E-state index contributed by atoms with van der Waals surface area (Å²) in [6.07, 6.45) is 4.01.